The molecule has 0 aromatic heterocycles. The lowest BCUT2D eigenvalue weighted by Gasteiger charge is -2.25. The highest BCUT2D eigenvalue weighted by atomic mass is 32.2. The van der Waals surface area contributed by atoms with Crippen molar-refractivity contribution in [2.24, 2.45) is 5.10 Å². The number of carbonyl (C=O) groups is 1. The summed E-state index contributed by atoms with van der Waals surface area (Å²) in [5, 5.41) is 4.17. The number of anilines is 1. The zero-order chi connectivity index (χ0) is 24.7. The van der Waals surface area contributed by atoms with Crippen molar-refractivity contribution < 1.29 is 17.9 Å². The van der Waals surface area contributed by atoms with Gasteiger partial charge in [-0.3, -0.25) is 9.10 Å². The molecule has 1 amide bonds. The van der Waals surface area contributed by atoms with E-state index in [1.807, 2.05) is 57.2 Å². The van der Waals surface area contributed by atoms with E-state index < -0.39 is 22.5 Å². The second-order valence-corrected chi connectivity index (χ2v) is 9.67. The van der Waals surface area contributed by atoms with Gasteiger partial charge in [0, 0.05) is 0 Å². The van der Waals surface area contributed by atoms with Gasteiger partial charge in [0.1, 0.15) is 12.3 Å². The summed E-state index contributed by atoms with van der Waals surface area (Å²) in [6, 6.07) is 20.9. The summed E-state index contributed by atoms with van der Waals surface area (Å²) < 4.78 is 33.5. The van der Waals surface area contributed by atoms with Gasteiger partial charge in [-0.05, 0) is 86.8 Å². The molecule has 0 saturated carbocycles. The number of hydrogen-bond donors (Lipinski definition) is 1. The largest absolute Gasteiger partial charge is 0.494 e. The summed E-state index contributed by atoms with van der Waals surface area (Å²) in [6.45, 7) is 7.52. The third-order valence-electron chi connectivity index (χ3n) is 5.18. The third kappa shape index (κ3) is 6.02. The highest BCUT2D eigenvalue weighted by Crippen LogP contribution is 2.27. The van der Waals surface area contributed by atoms with Crippen molar-refractivity contribution in [1.29, 1.82) is 0 Å². The molecule has 0 radical (unpaired) electrons. The summed E-state index contributed by atoms with van der Waals surface area (Å²) in [4.78, 5) is 12.9. The number of nitrogens with zero attached hydrogens (tertiary/aromatic N) is 2. The van der Waals surface area contributed by atoms with Crippen molar-refractivity contribution in [2.75, 3.05) is 17.5 Å². The Labute approximate surface area is 201 Å². The van der Waals surface area contributed by atoms with Crippen LogP contribution in [0.5, 0.6) is 5.75 Å². The van der Waals surface area contributed by atoms with Gasteiger partial charge in [0.2, 0.25) is 0 Å². The summed E-state index contributed by atoms with van der Waals surface area (Å²) in [5.74, 6) is 0.198. The minimum Gasteiger partial charge on any atom is -0.494 e. The minimum absolute atomic E-state index is 0.109. The Kier molecular flexibility index (Phi) is 8.07. The topological polar surface area (TPSA) is 88.1 Å². The Morgan fingerprint density at radius 1 is 1.00 bits per heavy atom. The maximum Gasteiger partial charge on any atom is 0.264 e. The molecule has 0 saturated heterocycles. The van der Waals surface area contributed by atoms with Gasteiger partial charge in [0.25, 0.3) is 15.9 Å². The van der Waals surface area contributed by atoms with E-state index in [2.05, 4.69) is 10.5 Å². The predicted octanol–water partition coefficient (Wildman–Crippen LogP) is 4.44. The van der Waals surface area contributed by atoms with Crippen molar-refractivity contribution in [3.05, 3.63) is 89.5 Å². The molecule has 0 bridgehead atoms. The van der Waals surface area contributed by atoms with Crippen molar-refractivity contribution in [3.63, 3.8) is 0 Å². The number of benzene rings is 3. The first kappa shape index (κ1) is 25.0. The second kappa shape index (κ2) is 11.0. The smallest absolute Gasteiger partial charge is 0.264 e. The third-order valence-corrected chi connectivity index (χ3v) is 6.96. The zero-order valence-corrected chi connectivity index (χ0v) is 20.6. The average molecular weight is 480 g/mol. The minimum atomic E-state index is -3.98. The molecule has 0 aliphatic carbocycles. The molecule has 0 unspecified atom stereocenters. The predicted molar refractivity (Wildman–Crippen MR) is 135 cm³/mol. The number of sulfonamides is 1. The van der Waals surface area contributed by atoms with Crippen molar-refractivity contribution in [1.82, 2.24) is 5.43 Å². The van der Waals surface area contributed by atoms with Gasteiger partial charge in [-0.25, -0.2) is 13.8 Å². The fourth-order valence-electron chi connectivity index (χ4n) is 3.34. The quantitative estimate of drug-likeness (QED) is 0.363. The van der Waals surface area contributed by atoms with Crippen molar-refractivity contribution in [2.45, 2.75) is 32.6 Å². The number of hydrogen-bond acceptors (Lipinski definition) is 5. The van der Waals surface area contributed by atoms with Gasteiger partial charge >= 0.3 is 0 Å². The number of carbonyl (C=O) groups excluding carboxylic acids is 1. The van der Waals surface area contributed by atoms with Crippen LogP contribution < -0.4 is 14.5 Å². The SMILES string of the molecule is CCOc1ccc(/C(C)=N\NC(=O)CN(c2cc(C)ccc2C)S(=O)(=O)c2ccccc2)cc1. The van der Waals surface area contributed by atoms with E-state index in [0.717, 1.165) is 26.7 Å². The molecule has 0 spiro atoms. The van der Waals surface area contributed by atoms with Crippen LogP contribution in [0.4, 0.5) is 5.69 Å². The van der Waals surface area contributed by atoms with Crippen LogP contribution >= 0.6 is 0 Å². The first-order valence-corrected chi connectivity index (χ1v) is 12.4. The van der Waals surface area contributed by atoms with Crippen LogP contribution in [0.15, 0.2) is 82.8 Å². The Morgan fingerprint density at radius 2 is 1.68 bits per heavy atom. The van der Waals surface area contributed by atoms with Crippen LogP contribution in [0.3, 0.4) is 0 Å². The Balaban J connectivity index is 1.85. The van der Waals surface area contributed by atoms with Gasteiger partial charge in [0.15, 0.2) is 0 Å². The van der Waals surface area contributed by atoms with Crippen LogP contribution in [0.25, 0.3) is 0 Å². The summed E-state index contributed by atoms with van der Waals surface area (Å²) in [7, 11) is -3.98. The molecule has 178 valence electrons. The first-order chi connectivity index (χ1) is 16.2. The highest BCUT2D eigenvalue weighted by Gasteiger charge is 2.28. The second-order valence-electron chi connectivity index (χ2n) is 7.80. The number of amides is 1. The molecule has 0 aliphatic rings. The maximum atomic E-state index is 13.5. The summed E-state index contributed by atoms with van der Waals surface area (Å²) in [5.41, 5.74) is 5.97. The Morgan fingerprint density at radius 3 is 2.32 bits per heavy atom. The van der Waals surface area contributed by atoms with Crippen molar-refractivity contribution >= 4 is 27.3 Å². The molecule has 3 rings (SSSR count). The van der Waals surface area contributed by atoms with Crippen LogP contribution in [0.2, 0.25) is 0 Å². The van der Waals surface area contributed by atoms with E-state index >= 15 is 0 Å². The van der Waals surface area contributed by atoms with E-state index in [0.29, 0.717) is 18.0 Å². The standard InChI is InChI=1S/C26H29N3O4S/c1-5-33-23-15-13-22(14-16-23)21(4)27-28-26(30)18-29(25-17-19(2)11-12-20(25)3)34(31,32)24-9-7-6-8-10-24/h6-17H,5,18H2,1-4H3,(H,28,30)/b27-21-. The van der Waals surface area contributed by atoms with Crippen LogP contribution in [0, 0.1) is 13.8 Å². The number of rotatable bonds is 9. The van der Waals surface area contributed by atoms with E-state index in [1.165, 1.54) is 12.1 Å². The lowest BCUT2D eigenvalue weighted by atomic mass is 10.1. The molecule has 3 aromatic carbocycles. The fraction of sp³-hybridized carbons (Fsp3) is 0.231. The number of aryl methyl sites for hydroxylation is 2. The molecule has 7 nitrogen and oxygen atoms in total. The monoisotopic (exact) mass is 479 g/mol. The van der Waals surface area contributed by atoms with Crippen LogP contribution in [-0.4, -0.2) is 33.2 Å². The van der Waals surface area contributed by atoms with Gasteiger partial charge in [-0.2, -0.15) is 5.10 Å². The Hall–Kier alpha value is -3.65. The van der Waals surface area contributed by atoms with E-state index in [4.69, 9.17) is 4.74 Å². The number of ether oxygens (including phenoxy) is 1. The maximum absolute atomic E-state index is 13.5. The molecule has 3 aromatic rings. The molecule has 0 heterocycles. The van der Waals surface area contributed by atoms with E-state index in [-0.39, 0.29) is 4.90 Å². The molecule has 1 N–H and O–H groups in total. The van der Waals surface area contributed by atoms with E-state index in [1.54, 1.807) is 31.2 Å². The molecule has 0 atom stereocenters. The molecule has 8 heteroatoms. The molecular weight excluding hydrogens is 450 g/mol. The summed E-state index contributed by atoms with van der Waals surface area (Å²) in [6.07, 6.45) is 0. The normalized spacial score (nSPS) is 11.7. The molecular formula is C26H29N3O4S. The van der Waals surface area contributed by atoms with Gasteiger partial charge < -0.3 is 4.74 Å². The zero-order valence-electron chi connectivity index (χ0n) is 19.8. The van der Waals surface area contributed by atoms with Crippen molar-refractivity contribution in [3.8, 4) is 5.75 Å². The lowest BCUT2D eigenvalue weighted by molar-refractivity contribution is -0.119. The molecule has 0 fully saturated rings. The molecule has 34 heavy (non-hydrogen) atoms. The Bertz CT molecular complexity index is 1270. The highest BCUT2D eigenvalue weighted by molar-refractivity contribution is 7.92. The number of nitrogens with one attached hydrogen (secondary N) is 1. The number of hydrazone groups is 1. The first-order valence-electron chi connectivity index (χ1n) is 10.9. The van der Waals surface area contributed by atoms with Crippen LogP contribution in [-0.2, 0) is 14.8 Å². The lowest BCUT2D eigenvalue weighted by Crippen LogP contribution is -2.40. The van der Waals surface area contributed by atoms with E-state index in [9.17, 15) is 13.2 Å². The van der Waals surface area contributed by atoms with Crippen LogP contribution in [0.1, 0.15) is 30.5 Å². The van der Waals surface area contributed by atoms with Gasteiger partial charge in [-0.15, -0.1) is 0 Å². The fourth-order valence-corrected chi connectivity index (χ4v) is 4.84. The van der Waals surface area contributed by atoms with Gasteiger partial charge in [-0.1, -0.05) is 30.3 Å². The summed E-state index contributed by atoms with van der Waals surface area (Å²) >= 11 is 0. The molecule has 0 aliphatic heterocycles. The van der Waals surface area contributed by atoms with Gasteiger partial charge in [0.05, 0.1) is 22.9 Å². The average Bonchev–Trinajstić information content (AvgIpc) is 2.84.